The summed E-state index contributed by atoms with van der Waals surface area (Å²) < 4.78 is 21.3. The maximum Gasteiger partial charge on any atom is 0.277 e. The van der Waals surface area contributed by atoms with Gasteiger partial charge < -0.3 is 24.3 Å². The maximum atomic E-state index is 12.5. The third-order valence-electron chi connectivity index (χ3n) is 5.09. The smallest absolute Gasteiger partial charge is 0.277 e. The number of hydrogen-bond acceptors (Lipinski definition) is 7. The lowest BCUT2D eigenvalue weighted by Crippen LogP contribution is -2.24. The molecule has 0 saturated carbocycles. The number of anilines is 1. The third-order valence-corrected chi connectivity index (χ3v) is 5.50. The van der Waals surface area contributed by atoms with Gasteiger partial charge in [0.25, 0.3) is 11.8 Å². The van der Waals surface area contributed by atoms with Crippen LogP contribution in [0.3, 0.4) is 0 Å². The number of methoxy groups -OCH3 is 3. The van der Waals surface area contributed by atoms with Crippen LogP contribution in [0.15, 0.2) is 59.7 Å². The van der Waals surface area contributed by atoms with Gasteiger partial charge in [-0.2, -0.15) is 5.10 Å². The Labute approximate surface area is 214 Å². The molecule has 0 saturated heterocycles. The quantitative estimate of drug-likeness (QED) is 0.307. The van der Waals surface area contributed by atoms with Crippen molar-refractivity contribution < 1.29 is 28.5 Å². The highest BCUT2D eigenvalue weighted by Gasteiger charge is 2.13. The molecule has 0 heterocycles. The average Bonchev–Trinajstić information content (AvgIpc) is 2.89. The number of amides is 2. The van der Waals surface area contributed by atoms with E-state index in [1.54, 1.807) is 54.6 Å². The van der Waals surface area contributed by atoms with Crippen molar-refractivity contribution in [1.29, 1.82) is 0 Å². The maximum absolute atomic E-state index is 12.5. The van der Waals surface area contributed by atoms with Crippen molar-refractivity contribution in [1.82, 2.24) is 5.43 Å². The van der Waals surface area contributed by atoms with Gasteiger partial charge in [0.1, 0.15) is 5.75 Å². The van der Waals surface area contributed by atoms with E-state index in [-0.39, 0.29) is 12.5 Å². The number of carbonyl (C=O) groups excluding carboxylic acids is 2. The fourth-order valence-corrected chi connectivity index (χ4v) is 3.35. The molecule has 0 atom stereocenters. The molecule has 2 amide bonds. The van der Waals surface area contributed by atoms with E-state index in [1.165, 1.54) is 27.5 Å². The van der Waals surface area contributed by atoms with Gasteiger partial charge in [-0.3, -0.25) is 9.59 Å². The SMILES string of the molecule is COc1cc(C=NNC(=O)COc2ccc(C(=O)Nc3cccc(Cl)c3C)cc2)cc(OC)c1OC. The largest absolute Gasteiger partial charge is 0.493 e. The van der Waals surface area contributed by atoms with Crippen LogP contribution in [0.5, 0.6) is 23.0 Å². The second-order valence-corrected chi connectivity index (χ2v) is 7.84. The van der Waals surface area contributed by atoms with Crippen LogP contribution in [0.1, 0.15) is 21.5 Å². The molecule has 9 nitrogen and oxygen atoms in total. The van der Waals surface area contributed by atoms with Crippen molar-refractivity contribution in [2.24, 2.45) is 5.10 Å². The van der Waals surface area contributed by atoms with Crippen LogP contribution in [0.4, 0.5) is 5.69 Å². The van der Waals surface area contributed by atoms with Crippen LogP contribution in [0, 0.1) is 6.92 Å². The van der Waals surface area contributed by atoms with Crippen molar-refractivity contribution in [3.8, 4) is 23.0 Å². The number of carbonyl (C=O) groups is 2. The van der Waals surface area contributed by atoms with E-state index in [0.717, 1.165) is 5.56 Å². The molecule has 0 aliphatic rings. The first-order chi connectivity index (χ1) is 17.4. The second kappa shape index (κ2) is 12.5. The van der Waals surface area contributed by atoms with E-state index >= 15 is 0 Å². The lowest BCUT2D eigenvalue weighted by molar-refractivity contribution is -0.123. The predicted octanol–water partition coefficient (Wildman–Crippen LogP) is 4.46. The summed E-state index contributed by atoms with van der Waals surface area (Å²) in [6.45, 7) is 1.56. The van der Waals surface area contributed by atoms with Crippen molar-refractivity contribution in [3.05, 3.63) is 76.3 Å². The highest BCUT2D eigenvalue weighted by molar-refractivity contribution is 6.31. The predicted molar refractivity (Wildman–Crippen MR) is 138 cm³/mol. The molecule has 2 N–H and O–H groups in total. The van der Waals surface area contributed by atoms with E-state index < -0.39 is 5.91 Å². The second-order valence-electron chi connectivity index (χ2n) is 7.43. The minimum absolute atomic E-state index is 0.264. The molecule has 0 unspecified atom stereocenters. The average molecular weight is 512 g/mol. The Morgan fingerprint density at radius 2 is 1.64 bits per heavy atom. The van der Waals surface area contributed by atoms with Gasteiger partial charge in [0.15, 0.2) is 18.1 Å². The lowest BCUT2D eigenvalue weighted by Gasteiger charge is -2.12. The molecule has 3 aromatic rings. The van der Waals surface area contributed by atoms with Gasteiger partial charge in [0, 0.05) is 21.8 Å². The first kappa shape index (κ1) is 26.4. The van der Waals surface area contributed by atoms with Crippen LogP contribution >= 0.6 is 11.6 Å². The molecule has 0 aliphatic heterocycles. The van der Waals surface area contributed by atoms with Gasteiger partial charge in [-0.15, -0.1) is 0 Å². The molecule has 0 spiro atoms. The highest BCUT2D eigenvalue weighted by atomic mass is 35.5. The van der Waals surface area contributed by atoms with Gasteiger partial charge in [0.05, 0.1) is 27.5 Å². The molecular formula is C26H26ClN3O6. The van der Waals surface area contributed by atoms with Crippen LogP contribution in [-0.4, -0.2) is 46.0 Å². The molecule has 3 rings (SSSR count). The van der Waals surface area contributed by atoms with Gasteiger partial charge in [0.2, 0.25) is 5.75 Å². The Hall–Kier alpha value is -4.24. The fraction of sp³-hybridized carbons (Fsp3) is 0.192. The van der Waals surface area contributed by atoms with Gasteiger partial charge >= 0.3 is 0 Å². The van der Waals surface area contributed by atoms with E-state index in [9.17, 15) is 9.59 Å². The summed E-state index contributed by atoms with van der Waals surface area (Å²) in [4.78, 5) is 24.6. The zero-order valence-electron chi connectivity index (χ0n) is 20.3. The Bertz CT molecular complexity index is 1240. The van der Waals surface area contributed by atoms with E-state index in [0.29, 0.717) is 44.8 Å². The molecule has 0 aliphatic carbocycles. The molecule has 0 radical (unpaired) electrons. The van der Waals surface area contributed by atoms with E-state index in [2.05, 4.69) is 15.8 Å². The minimum Gasteiger partial charge on any atom is -0.493 e. The summed E-state index contributed by atoms with van der Waals surface area (Å²) in [6, 6.07) is 15.1. The van der Waals surface area contributed by atoms with Crippen molar-refractivity contribution in [3.63, 3.8) is 0 Å². The Morgan fingerprint density at radius 1 is 0.972 bits per heavy atom. The molecule has 36 heavy (non-hydrogen) atoms. The molecule has 188 valence electrons. The standard InChI is InChI=1S/C26H26ClN3O6/c1-16-20(27)6-5-7-21(16)29-26(32)18-8-10-19(11-9-18)36-15-24(31)30-28-14-17-12-22(33-2)25(35-4)23(13-17)34-3/h5-14H,15H2,1-4H3,(H,29,32)(H,30,31). The normalized spacial score (nSPS) is 10.6. The zero-order chi connectivity index (χ0) is 26.1. The summed E-state index contributed by atoms with van der Waals surface area (Å²) in [5.41, 5.74) is 4.87. The number of hydrogen-bond donors (Lipinski definition) is 2. The topological polar surface area (TPSA) is 107 Å². The Kier molecular flexibility index (Phi) is 9.13. The van der Waals surface area contributed by atoms with Crippen LogP contribution in [0.2, 0.25) is 5.02 Å². The number of nitrogens with one attached hydrogen (secondary N) is 2. The van der Waals surface area contributed by atoms with Crippen LogP contribution in [0.25, 0.3) is 0 Å². The number of rotatable bonds is 10. The number of ether oxygens (including phenoxy) is 4. The molecular weight excluding hydrogens is 486 g/mol. The molecule has 0 bridgehead atoms. The highest BCUT2D eigenvalue weighted by Crippen LogP contribution is 2.37. The van der Waals surface area contributed by atoms with E-state index in [4.69, 9.17) is 30.5 Å². The van der Waals surface area contributed by atoms with Crippen LogP contribution < -0.4 is 29.7 Å². The molecule has 3 aromatic carbocycles. The van der Waals surface area contributed by atoms with Gasteiger partial charge in [-0.05, 0) is 61.0 Å². The summed E-state index contributed by atoms with van der Waals surface area (Å²) in [7, 11) is 4.53. The molecule has 0 aromatic heterocycles. The zero-order valence-corrected chi connectivity index (χ0v) is 21.0. The molecule has 10 heteroatoms. The third kappa shape index (κ3) is 6.67. The van der Waals surface area contributed by atoms with Gasteiger partial charge in [-0.1, -0.05) is 17.7 Å². The Balaban J connectivity index is 1.52. The first-order valence-corrected chi connectivity index (χ1v) is 11.1. The summed E-state index contributed by atoms with van der Waals surface area (Å²) in [5.74, 6) is 1.07. The minimum atomic E-state index is -0.461. The summed E-state index contributed by atoms with van der Waals surface area (Å²) in [5, 5.41) is 7.33. The number of nitrogens with zero attached hydrogens (tertiary/aromatic N) is 1. The number of halogens is 1. The van der Waals surface area contributed by atoms with E-state index in [1.807, 2.05) is 6.92 Å². The lowest BCUT2D eigenvalue weighted by atomic mass is 10.1. The fourth-order valence-electron chi connectivity index (χ4n) is 3.18. The summed E-state index contributed by atoms with van der Waals surface area (Å²) in [6.07, 6.45) is 1.44. The number of benzene rings is 3. The van der Waals surface area contributed by atoms with Crippen LogP contribution in [-0.2, 0) is 4.79 Å². The van der Waals surface area contributed by atoms with Crippen molar-refractivity contribution in [2.75, 3.05) is 33.3 Å². The summed E-state index contributed by atoms with van der Waals surface area (Å²) >= 11 is 6.10. The van der Waals surface area contributed by atoms with Gasteiger partial charge in [-0.25, -0.2) is 5.43 Å². The first-order valence-electron chi connectivity index (χ1n) is 10.8. The van der Waals surface area contributed by atoms with Crippen molar-refractivity contribution in [2.45, 2.75) is 6.92 Å². The Morgan fingerprint density at radius 3 is 2.25 bits per heavy atom. The molecule has 0 fully saturated rings. The monoisotopic (exact) mass is 511 g/mol. The van der Waals surface area contributed by atoms with Crippen molar-refractivity contribution >= 4 is 35.3 Å². The number of hydrazone groups is 1.